The molecule has 12 rings (SSSR count). The highest BCUT2D eigenvalue weighted by molar-refractivity contribution is 7.20. The highest BCUT2D eigenvalue weighted by Crippen LogP contribution is 2.42. The van der Waals surface area contributed by atoms with Crippen LogP contribution in [0.3, 0.4) is 0 Å². The lowest BCUT2D eigenvalue weighted by Gasteiger charge is -2.35. The molecule has 0 aliphatic heterocycles. The van der Waals surface area contributed by atoms with Crippen LogP contribution in [0.5, 0.6) is 0 Å². The molecule has 0 saturated carbocycles. The van der Waals surface area contributed by atoms with E-state index in [-0.39, 0.29) is 0 Å². The molecule has 0 unspecified atom stereocenters. The van der Waals surface area contributed by atoms with Crippen molar-refractivity contribution in [1.82, 2.24) is 14.1 Å². The lowest BCUT2D eigenvalue weighted by atomic mass is 10.1. The number of rotatable bonds is 6. The lowest BCUT2D eigenvalue weighted by molar-refractivity contribution is 1.17. The zero-order chi connectivity index (χ0) is 38.2. The van der Waals surface area contributed by atoms with Crippen molar-refractivity contribution in [2.45, 2.75) is 0 Å². The lowest BCUT2D eigenvalue weighted by Crippen LogP contribution is -2.74. The van der Waals surface area contributed by atoms with Gasteiger partial charge in [0.1, 0.15) is 0 Å². The summed E-state index contributed by atoms with van der Waals surface area (Å²) in [6.45, 7) is 0. The number of aromatic nitrogens is 3. The van der Waals surface area contributed by atoms with Gasteiger partial charge in [0.15, 0.2) is 8.07 Å². The van der Waals surface area contributed by atoms with Gasteiger partial charge in [0.25, 0.3) is 0 Å². The third-order valence-electron chi connectivity index (χ3n) is 12.4. The third kappa shape index (κ3) is 4.61. The topological polar surface area (TPSA) is 25.6 Å². The zero-order valence-electron chi connectivity index (χ0n) is 31.7. The summed E-state index contributed by atoms with van der Waals surface area (Å²) in [6.07, 6.45) is 0. The Morgan fingerprint density at radius 2 is 0.845 bits per heavy atom. The number of nitrogens with one attached hydrogen (secondary N) is 1. The Balaban J connectivity index is 1.17. The maximum atomic E-state index is 3.76. The maximum Gasteiger partial charge on any atom is 0.180 e. The summed E-state index contributed by atoms with van der Waals surface area (Å²) in [7, 11) is -2.91. The third-order valence-corrected chi connectivity index (χ3v) is 17.2. The fourth-order valence-corrected chi connectivity index (χ4v) is 15.0. The van der Waals surface area contributed by atoms with Crippen molar-refractivity contribution < 1.29 is 0 Å². The molecular weight excluding hydrogens is 719 g/mol. The largest absolute Gasteiger partial charge is 0.355 e. The Morgan fingerprint density at radius 3 is 1.55 bits per heavy atom. The average molecular weight is 756 g/mol. The Hall–Kier alpha value is -7.40. The van der Waals surface area contributed by atoms with Crippen LogP contribution in [0.25, 0.3) is 76.8 Å². The van der Waals surface area contributed by atoms with Crippen molar-refractivity contribution in [3.05, 3.63) is 218 Å². The fraction of sp³-hybridized carbons (Fsp3) is 0. The van der Waals surface area contributed by atoms with E-state index in [9.17, 15) is 0 Å². The molecule has 58 heavy (non-hydrogen) atoms. The van der Waals surface area contributed by atoms with Gasteiger partial charge in [-0.15, -0.1) is 0 Å². The number of hydrogen-bond donors (Lipinski definition) is 1. The molecule has 0 fully saturated rings. The molecule has 0 aliphatic rings. The van der Waals surface area contributed by atoms with Crippen LogP contribution >= 0.6 is 0 Å². The van der Waals surface area contributed by atoms with Gasteiger partial charge in [0.05, 0.1) is 22.1 Å². The van der Waals surface area contributed by atoms with E-state index in [0.717, 1.165) is 16.9 Å². The molecule has 3 nitrogen and oxygen atoms in total. The Labute approximate surface area is 336 Å². The molecule has 0 bridgehead atoms. The fourth-order valence-electron chi connectivity index (χ4n) is 10.0. The zero-order valence-corrected chi connectivity index (χ0v) is 32.7. The molecule has 4 heteroatoms. The molecule has 272 valence electrons. The predicted octanol–water partition coefficient (Wildman–Crippen LogP) is 10.9. The standard InChI is InChI=1S/C54H37N3Si/c1-4-17-37(18-5-1)56-49-29-15-12-25-45(49)53-50(56)36-35-43-42-23-11-14-28-48(42)57(54(43)53)38-31-33-41(34-32-38)58(39-19-6-2-7-20-39,40-21-8-3-9-22-40)51-30-16-27-47-52(51)44-24-10-13-26-46(44)55-47/h1-36,55H. The summed E-state index contributed by atoms with van der Waals surface area (Å²) in [5, 5.41) is 13.0. The number of hydrogen-bond acceptors (Lipinski definition) is 0. The number of para-hydroxylation sites is 4. The first-order valence-corrected chi connectivity index (χ1v) is 22.0. The predicted molar refractivity (Wildman–Crippen MR) is 248 cm³/mol. The second-order valence-electron chi connectivity index (χ2n) is 15.3. The molecule has 0 atom stereocenters. The highest BCUT2D eigenvalue weighted by atomic mass is 28.3. The molecule has 3 aromatic heterocycles. The van der Waals surface area contributed by atoms with Gasteiger partial charge in [-0.3, -0.25) is 0 Å². The van der Waals surface area contributed by atoms with Crippen LogP contribution in [0.4, 0.5) is 0 Å². The van der Waals surface area contributed by atoms with Gasteiger partial charge in [0, 0.05) is 54.7 Å². The SMILES string of the molecule is c1ccc(-n2c3ccccc3c3c2ccc2c4ccccc4n(-c4ccc([Si](c5ccccc5)(c5ccccc5)c5cccc6[nH]c7ccccc7c56)cc4)c23)cc1. The first-order valence-electron chi connectivity index (χ1n) is 20.0. The Kier molecular flexibility index (Phi) is 7.25. The molecule has 0 amide bonds. The van der Waals surface area contributed by atoms with E-state index in [0.29, 0.717) is 0 Å². The minimum Gasteiger partial charge on any atom is -0.355 e. The van der Waals surface area contributed by atoms with Gasteiger partial charge < -0.3 is 14.1 Å². The van der Waals surface area contributed by atoms with Crippen molar-refractivity contribution in [3.8, 4) is 11.4 Å². The summed E-state index contributed by atoms with van der Waals surface area (Å²) in [5.74, 6) is 0. The molecule has 0 saturated heterocycles. The normalized spacial score (nSPS) is 12.1. The summed E-state index contributed by atoms with van der Waals surface area (Å²) < 4.78 is 4.92. The molecule has 9 aromatic carbocycles. The summed E-state index contributed by atoms with van der Waals surface area (Å²) in [6, 6.07) is 80.9. The summed E-state index contributed by atoms with van der Waals surface area (Å²) in [4.78, 5) is 3.76. The van der Waals surface area contributed by atoms with Crippen molar-refractivity contribution in [1.29, 1.82) is 0 Å². The van der Waals surface area contributed by atoms with E-state index in [4.69, 9.17) is 0 Å². The maximum absolute atomic E-state index is 3.76. The molecule has 0 radical (unpaired) electrons. The van der Waals surface area contributed by atoms with Crippen LogP contribution in [-0.2, 0) is 0 Å². The van der Waals surface area contributed by atoms with E-state index in [1.165, 1.54) is 80.6 Å². The number of benzene rings is 9. The van der Waals surface area contributed by atoms with E-state index in [2.05, 4.69) is 233 Å². The van der Waals surface area contributed by atoms with Gasteiger partial charge in [-0.25, -0.2) is 0 Å². The van der Waals surface area contributed by atoms with Crippen molar-refractivity contribution in [2.75, 3.05) is 0 Å². The van der Waals surface area contributed by atoms with Crippen LogP contribution in [0, 0.1) is 0 Å². The van der Waals surface area contributed by atoms with Crippen molar-refractivity contribution >= 4 is 94.2 Å². The van der Waals surface area contributed by atoms with Gasteiger partial charge in [-0.05, 0) is 75.3 Å². The molecule has 0 spiro atoms. The van der Waals surface area contributed by atoms with E-state index in [1.807, 2.05) is 0 Å². The molecule has 0 aliphatic carbocycles. The first kappa shape index (κ1) is 32.8. The van der Waals surface area contributed by atoms with E-state index in [1.54, 1.807) is 0 Å². The van der Waals surface area contributed by atoms with Gasteiger partial charge >= 0.3 is 0 Å². The van der Waals surface area contributed by atoms with E-state index >= 15 is 0 Å². The van der Waals surface area contributed by atoms with Gasteiger partial charge in [0.2, 0.25) is 0 Å². The van der Waals surface area contributed by atoms with Crippen molar-refractivity contribution in [2.24, 2.45) is 0 Å². The Morgan fingerprint density at radius 1 is 0.310 bits per heavy atom. The van der Waals surface area contributed by atoms with Gasteiger partial charge in [-0.2, -0.15) is 0 Å². The minimum atomic E-state index is -2.91. The van der Waals surface area contributed by atoms with Crippen LogP contribution in [-0.4, -0.2) is 22.2 Å². The van der Waals surface area contributed by atoms with Crippen LogP contribution < -0.4 is 20.7 Å². The van der Waals surface area contributed by atoms with E-state index < -0.39 is 8.07 Å². The van der Waals surface area contributed by atoms with Crippen LogP contribution in [0.15, 0.2) is 218 Å². The van der Waals surface area contributed by atoms with Crippen LogP contribution in [0.2, 0.25) is 0 Å². The summed E-state index contributed by atoms with van der Waals surface area (Å²) >= 11 is 0. The average Bonchev–Trinajstić information content (AvgIpc) is 3.96. The molecule has 3 heterocycles. The number of fused-ring (bicyclic) bond motifs is 10. The highest BCUT2D eigenvalue weighted by Gasteiger charge is 2.43. The smallest absolute Gasteiger partial charge is 0.180 e. The quantitative estimate of drug-likeness (QED) is 0.129. The minimum absolute atomic E-state index is 1.15. The molecule has 1 N–H and O–H groups in total. The Bertz CT molecular complexity index is 3450. The summed E-state index contributed by atoms with van der Waals surface area (Å²) in [5.41, 5.74) is 9.48. The second kappa shape index (κ2) is 12.8. The number of nitrogens with zero attached hydrogens (tertiary/aromatic N) is 2. The van der Waals surface area contributed by atoms with Crippen molar-refractivity contribution in [3.63, 3.8) is 0 Å². The number of H-pyrrole nitrogens is 1. The molecular formula is C54H37N3Si. The monoisotopic (exact) mass is 755 g/mol. The molecule has 12 aromatic rings. The second-order valence-corrected chi connectivity index (χ2v) is 19.1. The number of aromatic amines is 1. The first-order chi connectivity index (χ1) is 28.8. The van der Waals surface area contributed by atoms with Crippen LogP contribution in [0.1, 0.15) is 0 Å². The van der Waals surface area contributed by atoms with Gasteiger partial charge in [-0.1, -0.05) is 164 Å².